The van der Waals surface area contributed by atoms with Crippen molar-refractivity contribution in [1.82, 2.24) is 20.3 Å². The molecule has 2 heterocycles. The Labute approximate surface area is 110 Å². The third-order valence-electron chi connectivity index (χ3n) is 3.69. The monoisotopic (exact) mass is 264 g/mol. The SMILES string of the molecule is Cc1nc(Cc2noc(C(C)(O)C3CCC3)n2)no1. The zero-order valence-electron chi connectivity index (χ0n) is 11.0. The molecule has 102 valence electrons. The first-order valence-electron chi connectivity index (χ1n) is 6.40. The molecular formula is C12H16N4O3. The van der Waals surface area contributed by atoms with E-state index in [1.807, 2.05) is 0 Å². The van der Waals surface area contributed by atoms with Gasteiger partial charge in [0.1, 0.15) is 5.60 Å². The largest absolute Gasteiger partial charge is 0.380 e. The van der Waals surface area contributed by atoms with E-state index in [-0.39, 0.29) is 11.8 Å². The Hall–Kier alpha value is -1.76. The van der Waals surface area contributed by atoms with Crippen molar-refractivity contribution in [3.05, 3.63) is 23.4 Å². The Kier molecular flexibility index (Phi) is 2.85. The Morgan fingerprint density at radius 1 is 1.21 bits per heavy atom. The Morgan fingerprint density at radius 2 is 1.89 bits per heavy atom. The minimum Gasteiger partial charge on any atom is -0.380 e. The van der Waals surface area contributed by atoms with Crippen LogP contribution in [0.2, 0.25) is 0 Å². The predicted molar refractivity (Wildman–Crippen MR) is 63.1 cm³/mol. The van der Waals surface area contributed by atoms with Crippen LogP contribution in [0.3, 0.4) is 0 Å². The number of nitrogens with zero attached hydrogens (tertiary/aromatic N) is 4. The van der Waals surface area contributed by atoms with Gasteiger partial charge in [-0.2, -0.15) is 9.97 Å². The fraction of sp³-hybridized carbons (Fsp3) is 0.667. The fourth-order valence-electron chi connectivity index (χ4n) is 2.23. The molecule has 7 heteroatoms. The van der Waals surface area contributed by atoms with Gasteiger partial charge in [-0.15, -0.1) is 0 Å². The van der Waals surface area contributed by atoms with E-state index in [4.69, 9.17) is 9.05 Å². The third kappa shape index (κ3) is 2.25. The van der Waals surface area contributed by atoms with Crippen LogP contribution in [-0.2, 0) is 12.0 Å². The predicted octanol–water partition coefficient (Wildman–Crippen LogP) is 1.36. The molecule has 0 aliphatic heterocycles. The van der Waals surface area contributed by atoms with Gasteiger partial charge in [0.05, 0.1) is 6.42 Å². The molecule has 1 aliphatic carbocycles. The number of hydrogen-bond acceptors (Lipinski definition) is 7. The minimum atomic E-state index is -1.04. The van der Waals surface area contributed by atoms with Crippen LogP contribution in [0.1, 0.15) is 49.6 Å². The van der Waals surface area contributed by atoms with Crippen molar-refractivity contribution >= 4 is 0 Å². The van der Waals surface area contributed by atoms with Crippen LogP contribution in [0.5, 0.6) is 0 Å². The molecule has 0 aromatic carbocycles. The van der Waals surface area contributed by atoms with E-state index in [9.17, 15) is 5.11 Å². The summed E-state index contributed by atoms with van der Waals surface area (Å²) in [4.78, 5) is 8.32. The summed E-state index contributed by atoms with van der Waals surface area (Å²) in [7, 11) is 0. The first kappa shape index (κ1) is 12.3. The van der Waals surface area contributed by atoms with Crippen LogP contribution in [0.15, 0.2) is 9.05 Å². The summed E-state index contributed by atoms with van der Waals surface area (Å²) in [6.45, 7) is 3.45. The highest BCUT2D eigenvalue weighted by Gasteiger charge is 2.42. The van der Waals surface area contributed by atoms with Gasteiger partial charge in [-0.05, 0) is 25.7 Å². The topological polar surface area (TPSA) is 98.1 Å². The molecule has 7 nitrogen and oxygen atoms in total. The standard InChI is InChI=1S/C12H16N4O3/c1-7-13-9(15-18-7)6-10-14-11(19-16-10)12(2,17)8-4-3-5-8/h8,17H,3-6H2,1-2H3. The van der Waals surface area contributed by atoms with Crippen LogP contribution in [0, 0.1) is 12.8 Å². The van der Waals surface area contributed by atoms with Crippen molar-refractivity contribution < 1.29 is 14.2 Å². The van der Waals surface area contributed by atoms with E-state index in [0.29, 0.717) is 24.0 Å². The summed E-state index contributed by atoms with van der Waals surface area (Å²) in [5.41, 5.74) is -1.04. The third-order valence-corrected chi connectivity index (χ3v) is 3.69. The van der Waals surface area contributed by atoms with Crippen molar-refractivity contribution in [2.24, 2.45) is 5.92 Å². The lowest BCUT2D eigenvalue weighted by Crippen LogP contribution is -2.36. The van der Waals surface area contributed by atoms with Crippen molar-refractivity contribution in [2.75, 3.05) is 0 Å². The second-order valence-electron chi connectivity index (χ2n) is 5.20. The molecule has 3 rings (SSSR count). The summed E-state index contributed by atoms with van der Waals surface area (Å²) in [5.74, 6) is 1.93. The van der Waals surface area contributed by atoms with Gasteiger partial charge >= 0.3 is 0 Å². The van der Waals surface area contributed by atoms with E-state index in [1.165, 1.54) is 0 Å². The van der Waals surface area contributed by atoms with Crippen LogP contribution in [-0.4, -0.2) is 25.4 Å². The lowest BCUT2D eigenvalue weighted by atomic mass is 9.73. The zero-order valence-corrected chi connectivity index (χ0v) is 11.0. The van der Waals surface area contributed by atoms with Crippen molar-refractivity contribution in [1.29, 1.82) is 0 Å². The number of rotatable bonds is 4. The van der Waals surface area contributed by atoms with E-state index >= 15 is 0 Å². The molecule has 1 aliphatic rings. The van der Waals surface area contributed by atoms with E-state index in [0.717, 1.165) is 19.3 Å². The van der Waals surface area contributed by atoms with Gasteiger partial charge in [0.25, 0.3) is 5.89 Å². The molecule has 0 radical (unpaired) electrons. The van der Waals surface area contributed by atoms with Gasteiger partial charge in [-0.1, -0.05) is 16.7 Å². The van der Waals surface area contributed by atoms with Gasteiger partial charge in [0.15, 0.2) is 11.6 Å². The number of aliphatic hydroxyl groups is 1. The molecular weight excluding hydrogens is 248 g/mol. The van der Waals surface area contributed by atoms with Gasteiger partial charge in [0, 0.05) is 6.92 Å². The lowest BCUT2D eigenvalue weighted by Gasteiger charge is -2.35. The fourth-order valence-corrected chi connectivity index (χ4v) is 2.23. The van der Waals surface area contributed by atoms with Crippen LogP contribution in [0.25, 0.3) is 0 Å². The summed E-state index contributed by atoms with van der Waals surface area (Å²) in [5, 5.41) is 18.1. The Bertz CT molecular complexity index is 571. The van der Waals surface area contributed by atoms with Crippen molar-refractivity contribution in [3.8, 4) is 0 Å². The molecule has 2 aromatic heterocycles. The number of hydrogen-bond donors (Lipinski definition) is 1. The minimum absolute atomic E-state index is 0.202. The Morgan fingerprint density at radius 3 is 2.47 bits per heavy atom. The summed E-state index contributed by atoms with van der Waals surface area (Å²) in [6.07, 6.45) is 3.47. The molecule has 1 atom stereocenters. The smallest absolute Gasteiger partial charge is 0.258 e. The average molecular weight is 264 g/mol. The summed E-state index contributed by atoms with van der Waals surface area (Å²) >= 11 is 0. The molecule has 0 saturated heterocycles. The highest BCUT2D eigenvalue weighted by atomic mass is 16.5. The molecule has 0 spiro atoms. The number of aryl methyl sites for hydroxylation is 1. The highest BCUT2D eigenvalue weighted by molar-refractivity contribution is 5.04. The van der Waals surface area contributed by atoms with Crippen molar-refractivity contribution in [3.63, 3.8) is 0 Å². The molecule has 0 amide bonds. The molecule has 1 unspecified atom stereocenters. The molecule has 19 heavy (non-hydrogen) atoms. The van der Waals surface area contributed by atoms with Crippen LogP contribution >= 0.6 is 0 Å². The normalized spacial score (nSPS) is 19.1. The highest BCUT2D eigenvalue weighted by Crippen LogP contribution is 2.41. The second-order valence-corrected chi connectivity index (χ2v) is 5.20. The summed E-state index contributed by atoms with van der Waals surface area (Å²) < 4.78 is 10.0. The second kappa shape index (κ2) is 4.41. The first-order chi connectivity index (χ1) is 9.05. The van der Waals surface area contributed by atoms with E-state index < -0.39 is 5.60 Å². The quantitative estimate of drug-likeness (QED) is 0.890. The van der Waals surface area contributed by atoms with Crippen molar-refractivity contribution in [2.45, 2.75) is 45.1 Å². The maximum absolute atomic E-state index is 10.4. The zero-order chi connectivity index (χ0) is 13.5. The van der Waals surface area contributed by atoms with Crippen LogP contribution < -0.4 is 0 Å². The average Bonchev–Trinajstić information content (AvgIpc) is 2.85. The van der Waals surface area contributed by atoms with Crippen LogP contribution in [0.4, 0.5) is 0 Å². The first-order valence-corrected chi connectivity index (χ1v) is 6.40. The van der Waals surface area contributed by atoms with E-state index in [1.54, 1.807) is 13.8 Å². The van der Waals surface area contributed by atoms with Gasteiger partial charge in [0.2, 0.25) is 5.89 Å². The molecule has 2 aromatic rings. The summed E-state index contributed by atoms with van der Waals surface area (Å²) in [6, 6.07) is 0. The van der Waals surface area contributed by atoms with E-state index in [2.05, 4.69) is 20.3 Å². The van der Waals surface area contributed by atoms with Gasteiger partial charge < -0.3 is 14.2 Å². The number of aromatic nitrogens is 4. The van der Waals surface area contributed by atoms with Gasteiger partial charge in [-0.3, -0.25) is 0 Å². The maximum Gasteiger partial charge on any atom is 0.258 e. The molecule has 1 fully saturated rings. The lowest BCUT2D eigenvalue weighted by molar-refractivity contribution is -0.0635. The Balaban J connectivity index is 1.75. The molecule has 1 saturated carbocycles. The molecule has 0 bridgehead atoms. The maximum atomic E-state index is 10.4. The molecule has 1 N–H and O–H groups in total. The van der Waals surface area contributed by atoms with Gasteiger partial charge in [-0.25, -0.2) is 0 Å².